The highest BCUT2D eigenvalue weighted by Gasteiger charge is 2.66. The van der Waals surface area contributed by atoms with Gasteiger partial charge in [-0.05, 0) is 30.2 Å². The highest BCUT2D eigenvalue weighted by Crippen LogP contribution is 2.71. The first-order chi connectivity index (χ1) is 10.1. The summed E-state index contributed by atoms with van der Waals surface area (Å²) in [6.07, 6.45) is 3.39. The maximum atomic E-state index is 12.5. The monoisotopic (exact) mass is 285 g/mol. The van der Waals surface area contributed by atoms with Gasteiger partial charge in [-0.3, -0.25) is 9.59 Å². The zero-order valence-corrected chi connectivity index (χ0v) is 11.9. The van der Waals surface area contributed by atoms with E-state index in [-0.39, 0.29) is 17.7 Å². The van der Waals surface area contributed by atoms with Crippen LogP contribution in [0.15, 0.2) is 30.3 Å². The second-order valence-electron chi connectivity index (χ2n) is 6.82. The van der Waals surface area contributed by atoms with Crippen LogP contribution in [-0.4, -0.2) is 35.0 Å². The van der Waals surface area contributed by atoms with Crippen LogP contribution in [0.4, 0.5) is 0 Å². The third kappa shape index (κ3) is 2.04. The van der Waals surface area contributed by atoms with Crippen molar-refractivity contribution in [2.24, 2.45) is 17.3 Å². The number of hydrogen-bond donors (Lipinski definition) is 1. The number of rotatable bonds is 3. The van der Waals surface area contributed by atoms with Crippen LogP contribution in [0.5, 0.6) is 0 Å². The van der Waals surface area contributed by atoms with Crippen molar-refractivity contribution in [1.82, 2.24) is 4.90 Å². The van der Waals surface area contributed by atoms with E-state index in [1.807, 2.05) is 30.3 Å². The van der Waals surface area contributed by atoms with Crippen molar-refractivity contribution in [1.29, 1.82) is 0 Å². The molecule has 4 heteroatoms. The molecule has 3 atom stereocenters. The Morgan fingerprint density at radius 2 is 1.86 bits per heavy atom. The topological polar surface area (TPSA) is 57.6 Å². The van der Waals surface area contributed by atoms with E-state index >= 15 is 0 Å². The van der Waals surface area contributed by atoms with E-state index in [2.05, 4.69) is 0 Å². The molecule has 3 aliphatic rings. The molecule has 1 spiro atoms. The lowest BCUT2D eigenvalue weighted by molar-refractivity contribution is -0.142. The van der Waals surface area contributed by atoms with E-state index < -0.39 is 11.9 Å². The summed E-state index contributed by atoms with van der Waals surface area (Å²) in [5, 5.41) is 9.48. The average molecular weight is 285 g/mol. The first-order valence-electron chi connectivity index (χ1n) is 7.67. The number of amides is 1. The predicted molar refractivity (Wildman–Crippen MR) is 76.7 cm³/mol. The molecular formula is C17H19NO3. The normalized spacial score (nSPS) is 32.2. The molecule has 1 saturated heterocycles. The molecule has 0 radical (unpaired) electrons. The molecule has 1 heterocycles. The Bertz CT molecular complexity index is 593. The Morgan fingerprint density at radius 1 is 1.14 bits per heavy atom. The van der Waals surface area contributed by atoms with Gasteiger partial charge in [-0.2, -0.15) is 0 Å². The van der Waals surface area contributed by atoms with Crippen LogP contribution in [0, 0.1) is 17.3 Å². The molecule has 4 nitrogen and oxygen atoms in total. The molecule has 2 saturated carbocycles. The Morgan fingerprint density at radius 3 is 2.43 bits per heavy atom. The standard InChI is InChI=1S/C17H19NO3/c19-15(14-8-17(14)6-7-17)18-9-12(13(10-18)16(20)21)11-4-2-1-3-5-11/h1-5,12-14H,6-10H2,(H,20,21). The second kappa shape index (κ2) is 4.33. The maximum absolute atomic E-state index is 12.5. The summed E-state index contributed by atoms with van der Waals surface area (Å²) in [7, 11) is 0. The number of hydrogen-bond acceptors (Lipinski definition) is 2. The first kappa shape index (κ1) is 12.9. The Hall–Kier alpha value is -1.84. The van der Waals surface area contributed by atoms with Gasteiger partial charge in [-0.1, -0.05) is 30.3 Å². The van der Waals surface area contributed by atoms with Crippen molar-refractivity contribution in [2.75, 3.05) is 13.1 Å². The molecule has 2 aliphatic carbocycles. The van der Waals surface area contributed by atoms with Crippen LogP contribution >= 0.6 is 0 Å². The Balaban J connectivity index is 1.54. The highest BCUT2D eigenvalue weighted by molar-refractivity contribution is 5.85. The molecule has 0 aromatic heterocycles. The van der Waals surface area contributed by atoms with Gasteiger partial charge in [0, 0.05) is 24.9 Å². The smallest absolute Gasteiger partial charge is 0.308 e. The SMILES string of the molecule is O=C(O)C1CN(C(=O)C2CC23CC3)CC1c1ccccc1. The maximum Gasteiger partial charge on any atom is 0.308 e. The molecule has 21 heavy (non-hydrogen) atoms. The van der Waals surface area contributed by atoms with Crippen molar-refractivity contribution in [3.8, 4) is 0 Å². The van der Waals surface area contributed by atoms with Crippen molar-refractivity contribution in [3.05, 3.63) is 35.9 Å². The minimum Gasteiger partial charge on any atom is -0.481 e. The zero-order chi connectivity index (χ0) is 14.6. The van der Waals surface area contributed by atoms with E-state index in [0.29, 0.717) is 18.5 Å². The fourth-order valence-electron chi connectivity index (χ4n) is 3.90. The van der Waals surface area contributed by atoms with E-state index in [1.165, 1.54) is 12.8 Å². The third-order valence-electron chi connectivity index (χ3n) is 5.56. The number of carboxylic acid groups (broad SMARTS) is 1. The Labute approximate surface area is 123 Å². The fourth-order valence-corrected chi connectivity index (χ4v) is 3.90. The molecule has 1 aromatic rings. The molecule has 1 aromatic carbocycles. The highest BCUT2D eigenvalue weighted by atomic mass is 16.4. The van der Waals surface area contributed by atoms with E-state index in [9.17, 15) is 14.7 Å². The van der Waals surface area contributed by atoms with Crippen LogP contribution < -0.4 is 0 Å². The molecule has 4 rings (SSSR count). The van der Waals surface area contributed by atoms with Gasteiger partial charge in [-0.25, -0.2) is 0 Å². The minimum atomic E-state index is -0.795. The van der Waals surface area contributed by atoms with Gasteiger partial charge in [0.1, 0.15) is 0 Å². The fraction of sp³-hybridized carbons (Fsp3) is 0.529. The molecule has 1 aliphatic heterocycles. The molecule has 1 N–H and O–H groups in total. The van der Waals surface area contributed by atoms with E-state index in [0.717, 1.165) is 12.0 Å². The van der Waals surface area contributed by atoms with Crippen LogP contribution in [0.1, 0.15) is 30.7 Å². The zero-order valence-electron chi connectivity index (χ0n) is 11.9. The summed E-state index contributed by atoms with van der Waals surface area (Å²) in [4.78, 5) is 25.9. The summed E-state index contributed by atoms with van der Waals surface area (Å²) >= 11 is 0. The molecule has 3 unspecified atom stereocenters. The van der Waals surface area contributed by atoms with Gasteiger partial charge in [0.05, 0.1) is 5.92 Å². The molecule has 0 bridgehead atoms. The van der Waals surface area contributed by atoms with Crippen molar-refractivity contribution in [2.45, 2.75) is 25.2 Å². The van der Waals surface area contributed by atoms with Crippen molar-refractivity contribution in [3.63, 3.8) is 0 Å². The molecule has 1 amide bonds. The van der Waals surface area contributed by atoms with Crippen molar-refractivity contribution >= 4 is 11.9 Å². The van der Waals surface area contributed by atoms with Gasteiger partial charge in [0.15, 0.2) is 0 Å². The van der Waals surface area contributed by atoms with Crippen LogP contribution in [0.3, 0.4) is 0 Å². The van der Waals surface area contributed by atoms with Crippen LogP contribution in [0.2, 0.25) is 0 Å². The predicted octanol–water partition coefficient (Wildman–Crippen LogP) is 2.11. The van der Waals surface area contributed by atoms with Gasteiger partial charge < -0.3 is 10.0 Å². The van der Waals surface area contributed by atoms with Gasteiger partial charge in [0.25, 0.3) is 0 Å². The lowest BCUT2D eigenvalue weighted by Crippen LogP contribution is -2.31. The van der Waals surface area contributed by atoms with Crippen molar-refractivity contribution < 1.29 is 14.7 Å². The summed E-state index contributed by atoms with van der Waals surface area (Å²) in [5.74, 6) is -0.985. The number of likely N-dealkylation sites (tertiary alicyclic amines) is 1. The van der Waals surface area contributed by atoms with E-state index in [1.54, 1.807) is 4.90 Å². The summed E-state index contributed by atoms with van der Waals surface area (Å²) in [6.45, 7) is 0.909. The number of carbonyl (C=O) groups excluding carboxylic acids is 1. The summed E-state index contributed by atoms with van der Waals surface area (Å²) in [5.41, 5.74) is 1.36. The van der Waals surface area contributed by atoms with Crippen LogP contribution in [-0.2, 0) is 9.59 Å². The number of carbonyl (C=O) groups is 2. The van der Waals surface area contributed by atoms with Gasteiger partial charge in [-0.15, -0.1) is 0 Å². The second-order valence-corrected chi connectivity index (χ2v) is 6.82. The average Bonchev–Trinajstić information content (AvgIpc) is 3.38. The molecule has 3 fully saturated rings. The lowest BCUT2D eigenvalue weighted by atomic mass is 9.89. The number of aliphatic carboxylic acids is 1. The first-order valence-corrected chi connectivity index (χ1v) is 7.67. The number of nitrogens with zero attached hydrogens (tertiary/aromatic N) is 1. The van der Waals surface area contributed by atoms with E-state index in [4.69, 9.17) is 0 Å². The van der Waals surface area contributed by atoms with Gasteiger partial charge in [0.2, 0.25) is 5.91 Å². The minimum absolute atomic E-state index is 0.0819. The summed E-state index contributed by atoms with van der Waals surface area (Å²) in [6, 6.07) is 9.72. The lowest BCUT2D eigenvalue weighted by Gasteiger charge is -2.16. The van der Waals surface area contributed by atoms with Crippen LogP contribution in [0.25, 0.3) is 0 Å². The van der Waals surface area contributed by atoms with Gasteiger partial charge >= 0.3 is 5.97 Å². The third-order valence-corrected chi connectivity index (χ3v) is 5.56. The quantitative estimate of drug-likeness (QED) is 0.925. The molecule has 110 valence electrons. The Kier molecular flexibility index (Phi) is 2.65. The molecular weight excluding hydrogens is 266 g/mol. The summed E-state index contributed by atoms with van der Waals surface area (Å²) < 4.78 is 0. The number of benzene rings is 1. The number of carboxylic acids is 1. The largest absolute Gasteiger partial charge is 0.481 e.